The lowest BCUT2D eigenvalue weighted by atomic mass is 10.1. The lowest BCUT2D eigenvalue weighted by Crippen LogP contribution is -2.11. The lowest BCUT2D eigenvalue weighted by Gasteiger charge is -2.13. The van der Waals surface area contributed by atoms with Crippen molar-refractivity contribution >= 4 is 5.78 Å². The van der Waals surface area contributed by atoms with Crippen LogP contribution in [-0.4, -0.2) is 17.4 Å². The zero-order valence-electron chi connectivity index (χ0n) is 7.77. The number of rotatable bonds is 2. The first-order valence-corrected chi connectivity index (χ1v) is 4.65. The van der Waals surface area contributed by atoms with Crippen molar-refractivity contribution in [2.45, 2.75) is 12.8 Å². The minimum atomic E-state index is -0.0490. The van der Waals surface area contributed by atoms with Crippen molar-refractivity contribution in [3.05, 3.63) is 41.9 Å². The average Bonchev–Trinajstić information content (AvgIpc) is 2.30. The minimum Gasteiger partial charge on any atom is -0.490 e. The molecule has 0 radical (unpaired) electrons. The molecular formula is C11H11NO2. The third kappa shape index (κ3) is 1.82. The van der Waals surface area contributed by atoms with E-state index in [2.05, 4.69) is 4.98 Å². The van der Waals surface area contributed by atoms with Crippen LogP contribution in [0.1, 0.15) is 23.2 Å². The molecule has 1 aromatic heterocycles. The number of carbonyl (C=O) groups is 1. The fourth-order valence-electron chi connectivity index (χ4n) is 1.36. The Balaban J connectivity index is 2.20. The van der Waals surface area contributed by atoms with Crippen molar-refractivity contribution in [2.75, 3.05) is 6.61 Å². The SMILES string of the molecule is O=C(C1=CCCCO1)c1ccncc1. The molecule has 0 aromatic carbocycles. The Morgan fingerprint density at radius 1 is 1.36 bits per heavy atom. The summed E-state index contributed by atoms with van der Waals surface area (Å²) >= 11 is 0. The van der Waals surface area contributed by atoms with Crippen molar-refractivity contribution in [1.29, 1.82) is 0 Å². The highest BCUT2D eigenvalue weighted by Crippen LogP contribution is 2.14. The maximum atomic E-state index is 11.8. The number of hydrogen-bond acceptors (Lipinski definition) is 3. The van der Waals surface area contributed by atoms with Crippen LogP contribution in [0.2, 0.25) is 0 Å². The zero-order valence-corrected chi connectivity index (χ0v) is 7.77. The number of pyridine rings is 1. The van der Waals surface area contributed by atoms with E-state index in [1.165, 1.54) is 0 Å². The Kier molecular flexibility index (Phi) is 2.58. The largest absolute Gasteiger partial charge is 0.490 e. The first kappa shape index (κ1) is 8.94. The Bertz CT molecular complexity index is 357. The second-order valence-corrected chi connectivity index (χ2v) is 3.12. The maximum Gasteiger partial charge on any atom is 0.227 e. The van der Waals surface area contributed by atoms with Crippen LogP contribution in [0.25, 0.3) is 0 Å². The minimum absolute atomic E-state index is 0.0490. The number of ether oxygens (including phenoxy) is 1. The molecule has 0 N–H and O–H groups in total. The number of ketones is 1. The van der Waals surface area contributed by atoms with Gasteiger partial charge in [-0.1, -0.05) is 0 Å². The van der Waals surface area contributed by atoms with Crippen molar-refractivity contribution in [3.8, 4) is 0 Å². The van der Waals surface area contributed by atoms with Gasteiger partial charge >= 0.3 is 0 Å². The van der Waals surface area contributed by atoms with Crippen LogP contribution < -0.4 is 0 Å². The Morgan fingerprint density at radius 2 is 2.14 bits per heavy atom. The summed E-state index contributed by atoms with van der Waals surface area (Å²) in [5.41, 5.74) is 0.633. The summed E-state index contributed by atoms with van der Waals surface area (Å²) in [5.74, 6) is 0.426. The van der Waals surface area contributed by atoms with Crippen LogP contribution in [-0.2, 0) is 4.74 Å². The van der Waals surface area contributed by atoms with Crippen LogP contribution in [0.4, 0.5) is 0 Å². The van der Waals surface area contributed by atoms with Gasteiger partial charge in [0.05, 0.1) is 6.61 Å². The smallest absolute Gasteiger partial charge is 0.227 e. The second kappa shape index (κ2) is 4.05. The molecule has 0 bridgehead atoms. The van der Waals surface area contributed by atoms with Crippen molar-refractivity contribution in [2.24, 2.45) is 0 Å². The van der Waals surface area contributed by atoms with E-state index in [1.54, 1.807) is 24.5 Å². The number of nitrogens with zero attached hydrogens (tertiary/aromatic N) is 1. The van der Waals surface area contributed by atoms with Gasteiger partial charge in [0, 0.05) is 18.0 Å². The predicted octanol–water partition coefficient (Wildman–Crippen LogP) is 1.96. The molecule has 0 atom stereocenters. The van der Waals surface area contributed by atoms with Crippen LogP contribution in [0.15, 0.2) is 36.4 Å². The van der Waals surface area contributed by atoms with Gasteiger partial charge in [-0.3, -0.25) is 9.78 Å². The van der Waals surface area contributed by atoms with E-state index in [9.17, 15) is 4.79 Å². The fraction of sp³-hybridized carbons (Fsp3) is 0.273. The van der Waals surface area contributed by atoms with E-state index in [0.717, 1.165) is 12.8 Å². The molecule has 3 nitrogen and oxygen atoms in total. The van der Waals surface area contributed by atoms with Gasteiger partial charge in [0.2, 0.25) is 5.78 Å². The maximum absolute atomic E-state index is 11.8. The van der Waals surface area contributed by atoms with Crippen LogP contribution >= 0.6 is 0 Å². The first-order valence-electron chi connectivity index (χ1n) is 4.65. The highest BCUT2D eigenvalue weighted by Gasteiger charge is 2.15. The molecule has 1 aliphatic rings. The van der Waals surface area contributed by atoms with Gasteiger partial charge in [-0.2, -0.15) is 0 Å². The standard InChI is InChI=1S/C11H11NO2/c13-11(9-4-6-12-7-5-9)10-3-1-2-8-14-10/h3-7H,1-2,8H2. The normalized spacial score (nSPS) is 15.6. The summed E-state index contributed by atoms with van der Waals surface area (Å²) in [5, 5.41) is 0. The van der Waals surface area contributed by atoms with Crippen molar-refractivity contribution < 1.29 is 9.53 Å². The molecule has 2 heterocycles. The molecule has 72 valence electrons. The van der Waals surface area contributed by atoms with E-state index in [0.29, 0.717) is 17.9 Å². The molecule has 0 saturated heterocycles. The number of hydrogen-bond donors (Lipinski definition) is 0. The Labute approximate surface area is 82.4 Å². The monoisotopic (exact) mass is 189 g/mol. The van der Waals surface area contributed by atoms with Gasteiger partial charge in [0.15, 0.2) is 5.76 Å². The number of allylic oxidation sites excluding steroid dienone is 2. The van der Waals surface area contributed by atoms with Gasteiger partial charge in [-0.15, -0.1) is 0 Å². The summed E-state index contributed by atoms with van der Waals surface area (Å²) in [6, 6.07) is 3.39. The number of carbonyl (C=O) groups excluding carboxylic acids is 1. The second-order valence-electron chi connectivity index (χ2n) is 3.12. The van der Waals surface area contributed by atoms with Crippen LogP contribution in [0, 0.1) is 0 Å². The quantitative estimate of drug-likeness (QED) is 0.667. The van der Waals surface area contributed by atoms with Gasteiger partial charge in [0.25, 0.3) is 0 Å². The average molecular weight is 189 g/mol. The highest BCUT2D eigenvalue weighted by molar-refractivity contribution is 6.07. The summed E-state index contributed by atoms with van der Waals surface area (Å²) in [6.07, 6.45) is 6.98. The van der Waals surface area contributed by atoms with Crippen LogP contribution in [0.5, 0.6) is 0 Å². The Hall–Kier alpha value is -1.64. The fourth-order valence-corrected chi connectivity index (χ4v) is 1.36. The molecule has 0 saturated carbocycles. The predicted molar refractivity (Wildman–Crippen MR) is 51.8 cm³/mol. The molecular weight excluding hydrogens is 178 g/mol. The van der Waals surface area contributed by atoms with Gasteiger partial charge in [-0.05, 0) is 31.1 Å². The summed E-state index contributed by atoms with van der Waals surface area (Å²) in [6.45, 7) is 0.642. The van der Waals surface area contributed by atoms with Gasteiger partial charge in [0.1, 0.15) is 0 Å². The number of aromatic nitrogens is 1. The lowest BCUT2D eigenvalue weighted by molar-refractivity contribution is 0.0899. The van der Waals surface area contributed by atoms with E-state index in [-0.39, 0.29) is 5.78 Å². The summed E-state index contributed by atoms with van der Waals surface area (Å²) in [4.78, 5) is 15.6. The molecule has 1 aliphatic heterocycles. The van der Waals surface area contributed by atoms with E-state index < -0.39 is 0 Å². The van der Waals surface area contributed by atoms with Crippen LogP contribution in [0.3, 0.4) is 0 Å². The van der Waals surface area contributed by atoms with Gasteiger partial charge < -0.3 is 4.74 Å². The van der Waals surface area contributed by atoms with E-state index in [1.807, 2.05) is 6.08 Å². The first-order chi connectivity index (χ1) is 6.88. The molecule has 3 heteroatoms. The molecule has 14 heavy (non-hydrogen) atoms. The number of Topliss-reactive ketones (excluding diaryl/α,β-unsaturated/α-hetero) is 1. The summed E-state index contributed by atoms with van der Waals surface area (Å²) < 4.78 is 5.29. The van der Waals surface area contributed by atoms with E-state index >= 15 is 0 Å². The Morgan fingerprint density at radius 3 is 2.79 bits per heavy atom. The van der Waals surface area contributed by atoms with E-state index in [4.69, 9.17) is 4.74 Å². The highest BCUT2D eigenvalue weighted by atomic mass is 16.5. The topological polar surface area (TPSA) is 39.2 Å². The molecule has 2 rings (SSSR count). The zero-order chi connectivity index (χ0) is 9.80. The molecule has 0 aliphatic carbocycles. The molecule has 0 spiro atoms. The molecule has 0 fully saturated rings. The third-order valence-corrected chi connectivity index (χ3v) is 2.10. The third-order valence-electron chi connectivity index (χ3n) is 2.10. The molecule has 0 amide bonds. The molecule has 0 unspecified atom stereocenters. The summed E-state index contributed by atoms with van der Waals surface area (Å²) in [7, 11) is 0. The van der Waals surface area contributed by atoms with Crippen molar-refractivity contribution in [1.82, 2.24) is 4.98 Å². The van der Waals surface area contributed by atoms with Crippen molar-refractivity contribution in [3.63, 3.8) is 0 Å². The van der Waals surface area contributed by atoms with Gasteiger partial charge in [-0.25, -0.2) is 0 Å². The molecule has 1 aromatic rings.